The molecule has 0 amide bonds. The van der Waals surface area contributed by atoms with Crippen molar-refractivity contribution in [2.75, 3.05) is 12.4 Å². The Morgan fingerprint density at radius 3 is 2.30 bits per heavy atom. The highest BCUT2D eigenvalue weighted by atomic mass is 19.1. The van der Waals surface area contributed by atoms with Gasteiger partial charge in [-0.15, -0.1) is 0 Å². The standard InChI is InChI=1S/C15H14F3NO/c1-9(15-11(17)4-3-5-12(15)18)19-13-7-6-10(16)8-14(13)20-2/h3-9,19H,1-2H3. The number of benzene rings is 2. The summed E-state index contributed by atoms with van der Waals surface area (Å²) in [5, 5.41) is 2.91. The number of ether oxygens (including phenoxy) is 1. The predicted molar refractivity (Wildman–Crippen MR) is 71.3 cm³/mol. The van der Waals surface area contributed by atoms with Gasteiger partial charge in [-0.3, -0.25) is 0 Å². The number of hydrogen-bond acceptors (Lipinski definition) is 2. The summed E-state index contributed by atoms with van der Waals surface area (Å²) in [7, 11) is 1.40. The molecule has 2 nitrogen and oxygen atoms in total. The van der Waals surface area contributed by atoms with Crippen LogP contribution in [-0.2, 0) is 0 Å². The first-order valence-corrected chi connectivity index (χ1v) is 6.07. The Morgan fingerprint density at radius 1 is 1.05 bits per heavy atom. The van der Waals surface area contributed by atoms with Crippen molar-refractivity contribution >= 4 is 5.69 Å². The van der Waals surface area contributed by atoms with Gasteiger partial charge >= 0.3 is 0 Å². The molecule has 1 unspecified atom stereocenters. The van der Waals surface area contributed by atoms with E-state index in [1.54, 1.807) is 6.92 Å². The van der Waals surface area contributed by atoms with E-state index in [0.29, 0.717) is 5.69 Å². The molecule has 106 valence electrons. The predicted octanol–water partition coefficient (Wildman–Crippen LogP) is 4.29. The first kappa shape index (κ1) is 14.2. The molecule has 0 fully saturated rings. The van der Waals surface area contributed by atoms with Gasteiger partial charge in [0.2, 0.25) is 0 Å². The van der Waals surface area contributed by atoms with Crippen LogP contribution in [0.1, 0.15) is 18.5 Å². The molecule has 0 saturated carbocycles. The fraction of sp³-hybridized carbons (Fsp3) is 0.200. The smallest absolute Gasteiger partial charge is 0.144 e. The van der Waals surface area contributed by atoms with Crippen LogP contribution in [-0.4, -0.2) is 7.11 Å². The van der Waals surface area contributed by atoms with Crippen molar-refractivity contribution in [1.82, 2.24) is 0 Å². The highest BCUT2D eigenvalue weighted by Crippen LogP contribution is 2.30. The summed E-state index contributed by atoms with van der Waals surface area (Å²) in [6, 6.07) is 6.97. The number of nitrogens with one attached hydrogen (secondary N) is 1. The van der Waals surface area contributed by atoms with Crippen LogP contribution < -0.4 is 10.1 Å². The number of anilines is 1. The first-order valence-electron chi connectivity index (χ1n) is 6.07. The maximum absolute atomic E-state index is 13.7. The lowest BCUT2D eigenvalue weighted by molar-refractivity contribution is 0.412. The second-order valence-corrected chi connectivity index (χ2v) is 4.35. The molecule has 0 bridgehead atoms. The number of hydrogen-bond donors (Lipinski definition) is 1. The van der Waals surface area contributed by atoms with Crippen LogP contribution in [0.3, 0.4) is 0 Å². The largest absolute Gasteiger partial charge is 0.494 e. The number of halogens is 3. The first-order chi connectivity index (χ1) is 9.52. The van der Waals surface area contributed by atoms with Crippen molar-refractivity contribution in [3.8, 4) is 5.75 Å². The van der Waals surface area contributed by atoms with Crippen molar-refractivity contribution in [2.45, 2.75) is 13.0 Å². The molecule has 0 aliphatic carbocycles. The molecule has 0 saturated heterocycles. The van der Waals surface area contributed by atoms with Crippen LogP contribution in [0.5, 0.6) is 5.75 Å². The van der Waals surface area contributed by atoms with Crippen molar-refractivity contribution in [2.24, 2.45) is 0 Å². The summed E-state index contributed by atoms with van der Waals surface area (Å²) < 4.78 is 45.5. The van der Waals surface area contributed by atoms with Gasteiger partial charge in [-0.1, -0.05) is 6.07 Å². The zero-order chi connectivity index (χ0) is 14.7. The van der Waals surface area contributed by atoms with Gasteiger partial charge in [0.25, 0.3) is 0 Å². The average Bonchev–Trinajstić information content (AvgIpc) is 2.40. The third-order valence-electron chi connectivity index (χ3n) is 2.97. The summed E-state index contributed by atoms with van der Waals surface area (Å²) >= 11 is 0. The van der Waals surface area contributed by atoms with Crippen LogP contribution in [0, 0.1) is 17.5 Å². The number of rotatable bonds is 4. The molecule has 2 aromatic carbocycles. The van der Waals surface area contributed by atoms with Crippen molar-refractivity contribution in [3.63, 3.8) is 0 Å². The van der Waals surface area contributed by atoms with Crippen LogP contribution in [0.15, 0.2) is 36.4 Å². The monoisotopic (exact) mass is 281 g/mol. The van der Waals surface area contributed by atoms with E-state index in [-0.39, 0.29) is 11.3 Å². The van der Waals surface area contributed by atoms with E-state index in [4.69, 9.17) is 4.74 Å². The van der Waals surface area contributed by atoms with Crippen molar-refractivity contribution < 1.29 is 17.9 Å². The Morgan fingerprint density at radius 2 is 1.70 bits per heavy atom. The summed E-state index contributed by atoms with van der Waals surface area (Å²) in [6.45, 7) is 1.62. The van der Waals surface area contributed by atoms with E-state index in [2.05, 4.69) is 5.32 Å². The van der Waals surface area contributed by atoms with Crippen LogP contribution >= 0.6 is 0 Å². The zero-order valence-corrected chi connectivity index (χ0v) is 11.1. The highest BCUT2D eigenvalue weighted by molar-refractivity contribution is 5.57. The van der Waals surface area contributed by atoms with E-state index in [0.717, 1.165) is 0 Å². The minimum atomic E-state index is -0.633. The van der Waals surface area contributed by atoms with Gasteiger partial charge in [0, 0.05) is 11.6 Å². The summed E-state index contributed by atoms with van der Waals surface area (Å²) in [5.41, 5.74) is 0.392. The maximum atomic E-state index is 13.7. The molecule has 0 aliphatic heterocycles. The molecule has 5 heteroatoms. The molecule has 0 aromatic heterocycles. The molecule has 0 heterocycles. The Labute approximate surface area is 115 Å². The molecule has 1 N–H and O–H groups in total. The van der Waals surface area contributed by atoms with Gasteiger partial charge in [0.15, 0.2) is 0 Å². The normalized spacial score (nSPS) is 12.1. The van der Waals surface area contributed by atoms with Gasteiger partial charge in [-0.05, 0) is 31.2 Å². The van der Waals surface area contributed by atoms with E-state index in [1.165, 1.54) is 43.5 Å². The van der Waals surface area contributed by atoms with Crippen LogP contribution in [0.25, 0.3) is 0 Å². The van der Waals surface area contributed by atoms with E-state index >= 15 is 0 Å². The summed E-state index contributed by atoms with van der Waals surface area (Å²) in [6.07, 6.45) is 0. The Hall–Kier alpha value is -2.17. The lowest BCUT2D eigenvalue weighted by atomic mass is 10.1. The molecule has 0 radical (unpaired) electrons. The van der Waals surface area contributed by atoms with Gasteiger partial charge in [0.05, 0.1) is 18.8 Å². The summed E-state index contributed by atoms with van der Waals surface area (Å²) in [5.74, 6) is -1.44. The average molecular weight is 281 g/mol. The maximum Gasteiger partial charge on any atom is 0.144 e. The van der Waals surface area contributed by atoms with Gasteiger partial charge < -0.3 is 10.1 Å². The number of methoxy groups -OCH3 is 1. The molecule has 2 aromatic rings. The Bertz CT molecular complexity index is 596. The van der Waals surface area contributed by atoms with Crippen molar-refractivity contribution in [3.05, 3.63) is 59.4 Å². The molecule has 0 spiro atoms. The fourth-order valence-corrected chi connectivity index (χ4v) is 2.01. The molecular formula is C15H14F3NO. The lowest BCUT2D eigenvalue weighted by Gasteiger charge is -2.19. The topological polar surface area (TPSA) is 21.3 Å². The SMILES string of the molecule is COc1cc(F)ccc1NC(C)c1c(F)cccc1F. The molecular weight excluding hydrogens is 267 g/mol. The van der Waals surface area contributed by atoms with Gasteiger partial charge in [0.1, 0.15) is 23.2 Å². The Kier molecular flexibility index (Phi) is 4.17. The van der Waals surface area contributed by atoms with E-state index in [9.17, 15) is 13.2 Å². The Balaban J connectivity index is 2.30. The lowest BCUT2D eigenvalue weighted by Crippen LogP contribution is -2.11. The van der Waals surface area contributed by atoms with Gasteiger partial charge in [-0.2, -0.15) is 0 Å². The highest BCUT2D eigenvalue weighted by Gasteiger charge is 2.17. The molecule has 0 aliphatic rings. The molecule has 2 rings (SSSR count). The zero-order valence-electron chi connectivity index (χ0n) is 11.1. The van der Waals surface area contributed by atoms with Crippen LogP contribution in [0.4, 0.5) is 18.9 Å². The second-order valence-electron chi connectivity index (χ2n) is 4.35. The third-order valence-corrected chi connectivity index (χ3v) is 2.97. The minimum Gasteiger partial charge on any atom is -0.494 e. The quantitative estimate of drug-likeness (QED) is 0.902. The molecule has 20 heavy (non-hydrogen) atoms. The fourth-order valence-electron chi connectivity index (χ4n) is 2.01. The second kappa shape index (κ2) is 5.86. The van der Waals surface area contributed by atoms with Gasteiger partial charge in [-0.25, -0.2) is 13.2 Å². The van der Waals surface area contributed by atoms with Crippen LogP contribution in [0.2, 0.25) is 0 Å². The third kappa shape index (κ3) is 2.87. The molecule has 1 atom stereocenters. The minimum absolute atomic E-state index is 0.0705. The van der Waals surface area contributed by atoms with Crippen molar-refractivity contribution in [1.29, 1.82) is 0 Å². The summed E-state index contributed by atoms with van der Waals surface area (Å²) in [4.78, 5) is 0. The van der Waals surface area contributed by atoms with E-state index < -0.39 is 23.5 Å². The van der Waals surface area contributed by atoms with E-state index in [1.807, 2.05) is 0 Å².